The van der Waals surface area contributed by atoms with Crippen LogP contribution in [0.4, 0.5) is 0 Å². The summed E-state index contributed by atoms with van der Waals surface area (Å²) in [5.41, 5.74) is 5.83. The zero-order valence-electron chi connectivity index (χ0n) is 12.9. The van der Waals surface area contributed by atoms with Crippen LogP contribution < -0.4 is 5.73 Å². The van der Waals surface area contributed by atoms with Crippen LogP contribution in [0.25, 0.3) is 0 Å². The Hall–Kier alpha value is -1.12. The largest absolute Gasteiger partial charge is 0.360 e. The third-order valence-corrected chi connectivity index (χ3v) is 4.01. The Morgan fingerprint density at radius 1 is 1.50 bits per heavy atom. The number of nitrogens with zero attached hydrogens (tertiary/aromatic N) is 2. The molecular formula is C15H27N3O2. The molecule has 1 fully saturated rings. The van der Waals surface area contributed by atoms with Crippen LogP contribution in [0, 0.1) is 22.7 Å². The van der Waals surface area contributed by atoms with Crippen molar-refractivity contribution in [3.63, 3.8) is 0 Å². The molecule has 0 spiro atoms. The van der Waals surface area contributed by atoms with E-state index in [1.54, 1.807) is 4.90 Å². The maximum absolute atomic E-state index is 12.2. The van der Waals surface area contributed by atoms with Crippen LogP contribution in [0.2, 0.25) is 0 Å². The monoisotopic (exact) mass is 281 g/mol. The number of rotatable bonds is 5. The quantitative estimate of drug-likeness (QED) is 0.828. The first kappa shape index (κ1) is 16.9. The van der Waals surface area contributed by atoms with Gasteiger partial charge in [-0.3, -0.25) is 4.79 Å². The molecule has 0 saturated carbocycles. The summed E-state index contributed by atoms with van der Waals surface area (Å²) in [6.45, 7) is 8.68. The van der Waals surface area contributed by atoms with Crippen molar-refractivity contribution in [3.8, 4) is 6.07 Å². The molecule has 0 aromatic carbocycles. The van der Waals surface area contributed by atoms with Gasteiger partial charge in [-0.25, -0.2) is 0 Å². The van der Waals surface area contributed by atoms with Crippen molar-refractivity contribution in [2.75, 3.05) is 26.2 Å². The normalized spacial score (nSPS) is 21.4. The number of nitrogens with two attached hydrogens (primary N) is 1. The third kappa shape index (κ3) is 5.10. The van der Waals surface area contributed by atoms with Gasteiger partial charge >= 0.3 is 0 Å². The van der Waals surface area contributed by atoms with Crippen molar-refractivity contribution in [2.24, 2.45) is 17.1 Å². The van der Waals surface area contributed by atoms with Gasteiger partial charge < -0.3 is 15.4 Å². The second kappa shape index (κ2) is 7.61. The first-order valence-electron chi connectivity index (χ1n) is 7.37. The van der Waals surface area contributed by atoms with Crippen molar-refractivity contribution in [3.05, 3.63) is 0 Å². The van der Waals surface area contributed by atoms with E-state index in [0.717, 1.165) is 12.8 Å². The molecule has 0 bridgehead atoms. The lowest BCUT2D eigenvalue weighted by molar-refractivity contribution is -0.137. The van der Waals surface area contributed by atoms with E-state index in [4.69, 9.17) is 15.7 Å². The maximum atomic E-state index is 12.2. The van der Waals surface area contributed by atoms with Crippen molar-refractivity contribution < 1.29 is 9.53 Å². The molecule has 2 N–H and O–H groups in total. The van der Waals surface area contributed by atoms with Gasteiger partial charge in [0.25, 0.3) is 0 Å². The predicted octanol–water partition coefficient (Wildman–Crippen LogP) is 1.53. The minimum atomic E-state index is -0.477. The van der Waals surface area contributed by atoms with Gasteiger partial charge in [0.05, 0.1) is 19.2 Å². The molecule has 1 aliphatic rings. The Balaban J connectivity index is 2.47. The smallest absolute Gasteiger partial charge is 0.222 e. The summed E-state index contributed by atoms with van der Waals surface area (Å²) in [6.07, 6.45) is 1.85. The molecule has 0 aliphatic carbocycles. The number of morpholine rings is 1. The Labute approximate surface area is 122 Å². The fourth-order valence-corrected chi connectivity index (χ4v) is 2.62. The van der Waals surface area contributed by atoms with Crippen LogP contribution in [0.15, 0.2) is 0 Å². The van der Waals surface area contributed by atoms with Crippen molar-refractivity contribution in [1.29, 1.82) is 5.26 Å². The van der Waals surface area contributed by atoms with E-state index in [2.05, 4.69) is 26.8 Å². The average Bonchev–Trinajstić information content (AvgIpc) is 2.41. The second-order valence-corrected chi connectivity index (χ2v) is 6.51. The lowest BCUT2D eigenvalue weighted by Gasteiger charge is -2.33. The van der Waals surface area contributed by atoms with Crippen molar-refractivity contribution in [2.45, 2.75) is 46.1 Å². The van der Waals surface area contributed by atoms with Crippen LogP contribution >= 0.6 is 0 Å². The predicted molar refractivity (Wildman–Crippen MR) is 77.8 cm³/mol. The van der Waals surface area contributed by atoms with E-state index in [-0.39, 0.29) is 11.3 Å². The molecule has 1 amide bonds. The van der Waals surface area contributed by atoms with E-state index in [1.165, 1.54) is 0 Å². The first-order chi connectivity index (χ1) is 9.38. The maximum Gasteiger partial charge on any atom is 0.222 e. The number of amides is 1. The first-order valence-corrected chi connectivity index (χ1v) is 7.37. The standard InChI is InChI=1S/C15H27N3O2/c1-15(2,3)12(6-7-16)4-5-14(19)18-8-9-20-13(10-17)11-18/h12-13H,4-9,11,16H2,1-3H3. The molecule has 1 aliphatic heterocycles. The van der Waals surface area contributed by atoms with Crippen LogP contribution in [0.1, 0.15) is 40.0 Å². The molecule has 5 heteroatoms. The van der Waals surface area contributed by atoms with Gasteiger partial charge in [-0.2, -0.15) is 5.26 Å². The summed E-state index contributed by atoms with van der Waals surface area (Å²) >= 11 is 0. The Morgan fingerprint density at radius 2 is 2.20 bits per heavy atom. The van der Waals surface area contributed by atoms with Gasteiger partial charge in [-0.15, -0.1) is 0 Å². The number of ether oxygens (including phenoxy) is 1. The molecule has 0 aromatic rings. The summed E-state index contributed by atoms with van der Waals surface area (Å²) in [5.74, 6) is 0.573. The fourth-order valence-electron chi connectivity index (χ4n) is 2.62. The number of hydrogen-bond acceptors (Lipinski definition) is 4. The highest BCUT2D eigenvalue weighted by Crippen LogP contribution is 2.32. The van der Waals surface area contributed by atoms with Gasteiger partial charge in [-0.05, 0) is 30.7 Å². The molecule has 114 valence electrons. The summed E-state index contributed by atoms with van der Waals surface area (Å²) in [5, 5.41) is 8.86. The summed E-state index contributed by atoms with van der Waals surface area (Å²) < 4.78 is 5.25. The molecule has 1 heterocycles. The minimum absolute atomic E-state index is 0.125. The number of nitriles is 1. The second-order valence-electron chi connectivity index (χ2n) is 6.51. The minimum Gasteiger partial charge on any atom is -0.360 e. The van der Waals surface area contributed by atoms with Gasteiger partial charge in [0.2, 0.25) is 5.91 Å². The Kier molecular flexibility index (Phi) is 6.44. The van der Waals surface area contributed by atoms with E-state index in [9.17, 15) is 4.79 Å². The van der Waals surface area contributed by atoms with Crippen LogP contribution in [0.5, 0.6) is 0 Å². The molecule has 2 atom stereocenters. The van der Waals surface area contributed by atoms with Crippen LogP contribution in [0.3, 0.4) is 0 Å². The lowest BCUT2D eigenvalue weighted by Crippen LogP contribution is -2.45. The summed E-state index contributed by atoms with van der Waals surface area (Å²) in [4.78, 5) is 14.0. The number of carbonyl (C=O) groups excluding carboxylic acids is 1. The number of hydrogen-bond donors (Lipinski definition) is 1. The topological polar surface area (TPSA) is 79.3 Å². The molecule has 0 aromatic heterocycles. The molecule has 5 nitrogen and oxygen atoms in total. The van der Waals surface area contributed by atoms with Gasteiger partial charge in [0, 0.05) is 13.0 Å². The Morgan fingerprint density at radius 3 is 2.75 bits per heavy atom. The summed E-state index contributed by atoms with van der Waals surface area (Å²) in [7, 11) is 0. The van der Waals surface area contributed by atoms with E-state index >= 15 is 0 Å². The van der Waals surface area contributed by atoms with Gasteiger partial charge in [0.1, 0.15) is 0 Å². The van der Waals surface area contributed by atoms with E-state index in [1.807, 2.05) is 0 Å². The molecule has 1 saturated heterocycles. The molecule has 1 rings (SSSR count). The van der Waals surface area contributed by atoms with E-state index < -0.39 is 6.10 Å². The van der Waals surface area contributed by atoms with Crippen LogP contribution in [-0.4, -0.2) is 43.2 Å². The zero-order chi connectivity index (χ0) is 15.2. The van der Waals surface area contributed by atoms with Crippen LogP contribution in [-0.2, 0) is 9.53 Å². The highest BCUT2D eigenvalue weighted by atomic mass is 16.5. The molecule has 0 radical (unpaired) electrons. The van der Waals surface area contributed by atoms with Gasteiger partial charge in [0.15, 0.2) is 6.10 Å². The fraction of sp³-hybridized carbons (Fsp3) is 0.867. The highest BCUT2D eigenvalue weighted by molar-refractivity contribution is 5.76. The molecule has 20 heavy (non-hydrogen) atoms. The third-order valence-electron chi connectivity index (χ3n) is 4.01. The molecular weight excluding hydrogens is 254 g/mol. The van der Waals surface area contributed by atoms with Crippen molar-refractivity contribution >= 4 is 5.91 Å². The zero-order valence-corrected chi connectivity index (χ0v) is 12.9. The Bertz CT molecular complexity index is 357. The average molecular weight is 281 g/mol. The molecule has 2 unspecified atom stereocenters. The van der Waals surface area contributed by atoms with Crippen molar-refractivity contribution in [1.82, 2.24) is 4.90 Å². The summed E-state index contributed by atoms with van der Waals surface area (Å²) in [6, 6.07) is 2.07. The number of carbonyl (C=O) groups is 1. The lowest BCUT2D eigenvalue weighted by atomic mass is 9.76. The van der Waals surface area contributed by atoms with E-state index in [0.29, 0.717) is 38.6 Å². The highest BCUT2D eigenvalue weighted by Gasteiger charge is 2.27. The SMILES string of the molecule is CC(C)(C)C(CCN)CCC(=O)N1CCOC(C#N)C1. The van der Waals surface area contributed by atoms with Gasteiger partial charge in [-0.1, -0.05) is 20.8 Å².